The predicted octanol–water partition coefficient (Wildman–Crippen LogP) is 5.19. The molecule has 2 aromatic heterocycles. The van der Waals surface area contributed by atoms with Crippen molar-refractivity contribution >= 4 is 45.7 Å². The Labute approximate surface area is 204 Å². The van der Waals surface area contributed by atoms with Gasteiger partial charge in [-0.15, -0.1) is 0 Å². The zero-order chi connectivity index (χ0) is 23.7. The molecule has 1 amide bonds. The summed E-state index contributed by atoms with van der Waals surface area (Å²) in [7, 11) is 0. The number of hydrogen-bond donors (Lipinski definition) is 1. The molecule has 5 aromatic rings. The van der Waals surface area contributed by atoms with Crippen molar-refractivity contribution in [1.82, 2.24) is 19.6 Å². The van der Waals surface area contributed by atoms with Crippen LogP contribution < -0.4 is 10.9 Å². The topological polar surface area (TPSA) is 81.8 Å². The first-order valence-corrected chi connectivity index (χ1v) is 11.1. The Morgan fingerprint density at radius 2 is 1.53 bits per heavy atom. The van der Waals surface area contributed by atoms with E-state index < -0.39 is 5.91 Å². The van der Waals surface area contributed by atoms with Gasteiger partial charge in [-0.05, 0) is 30.3 Å². The molecule has 9 heteroatoms. The molecule has 1 N–H and O–H groups in total. The maximum absolute atomic E-state index is 13.4. The van der Waals surface area contributed by atoms with E-state index in [-0.39, 0.29) is 17.8 Å². The first-order valence-electron chi connectivity index (χ1n) is 10.4. The third-order valence-corrected chi connectivity index (χ3v) is 6.06. The highest BCUT2D eigenvalue weighted by molar-refractivity contribution is 6.36. The lowest BCUT2D eigenvalue weighted by Gasteiger charge is -2.13. The number of benzene rings is 3. The number of fused-ring (bicyclic) bond motifs is 1. The Kier molecular flexibility index (Phi) is 5.88. The van der Waals surface area contributed by atoms with Gasteiger partial charge in [-0.3, -0.25) is 9.59 Å². The third-order valence-electron chi connectivity index (χ3n) is 5.35. The monoisotopic (exact) mass is 489 g/mol. The number of halogens is 2. The molecule has 0 aliphatic rings. The van der Waals surface area contributed by atoms with E-state index >= 15 is 0 Å². The molecule has 3 aromatic carbocycles. The number of carbonyl (C=O) groups is 1. The predicted molar refractivity (Wildman–Crippen MR) is 133 cm³/mol. The van der Waals surface area contributed by atoms with Crippen molar-refractivity contribution in [3.63, 3.8) is 0 Å². The van der Waals surface area contributed by atoms with E-state index in [9.17, 15) is 9.59 Å². The molecule has 0 saturated heterocycles. The van der Waals surface area contributed by atoms with E-state index in [0.717, 1.165) is 0 Å². The van der Waals surface area contributed by atoms with Gasteiger partial charge in [0, 0.05) is 27.1 Å². The lowest BCUT2D eigenvalue weighted by Crippen LogP contribution is -2.27. The van der Waals surface area contributed by atoms with Crippen molar-refractivity contribution in [2.75, 3.05) is 5.32 Å². The number of hydrogen-bond acceptors (Lipinski definition) is 4. The number of anilines is 1. The van der Waals surface area contributed by atoms with Gasteiger partial charge in [0.05, 0.1) is 23.8 Å². The fraction of sp³-hybridized carbons (Fsp3) is 0.0400. The number of para-hydroxylation sites is 1. The van der Waals surface area contributed by atoms with Crippen LogP contribution >= 0.6 is 23.2 Å². The van der Waals surface area contributed by atoms with Gasteiger partial charge in [-0.25, -0.2) is 4.68 Å². The number of amides is 1. The van der Waals surface area contributed by atoms with Crippen LogP contribution in [0.15, 0.2) is 89.9 Å². The Morgan fingerprint density at radius 1 is 0.853 bits per heavy atom. The second-order valence-corrected chi connectivity index (χ2v) is 8.29. The highest BCUT2D eigenvalue weighted by Gasteiger charge is 2.19. The van der Waals surface area contributed by atoms with Crippen molar-refractivity contribution in [1.29, 1.82) is 0 Å². The fourth-order valence-corrected chi connectivity index (χ4v) is 4.19. The lowest BCUT2D eigenvalue weighted by molar-refractivity contribution is 0.102. The van der Waals surface area contributed by atoms with Crippen LogP contribution in [0.1, 0.15) is 16.1 Å². The number of rotatable bonds is 5. The molecule has 0 aliphatic carbocycles. The molecule has 0 bridgehead atoms. The summed E-state index contributed by atoms with van der Waals surface area (Å²) in [6.07, 6.45) is 1.57. The van der Waals surface area contributed by atoms with E-state index in [1.165, 1.54) is 4.68 Å². The second-order valence-electron chi connectivity index (χ2n) is 7.48. The van der Waals surface area contributed by atoms with Crippen molar-refractivity contribution in [3.8, 4) is 5.69 Å². The van der Waals surface area contributed by atoms with E-state index in [2.05, 4.69) is 15.5 Å². The summed E-state index contributed by atoms with van der Waals surface area (Å²) in [4.78, 5) is 26.4. The Balaban J connectivity index is 1.54. The summed E-state index contributed by atoms with van der Waals surface area (Å²) in [5.41, 5.74) is 1.05. The van der Waals surface area contributed by atoms with Gasteiger partial charge in [0.1, 0.15) is 5.82 Å². The largest absolute Gasteiger partial charge is 0.305 e. The van der Waals surface area contributed by atoms with Crippen LogP contribution in [-0.4, -0.2) is 25.5 Å². The molecule has 0 unspecified atom stereocenters. The van der Waals surface area contributed by atoms with Crippen LogP contribution in [0.4, 0.5) is 5.82 Å². The average Bonchev–Trinajstić information content (AvgIpc) is 3.29. The van der Waals surface area contributed by atoms with E-state index in [1.807, 2.05) is 6.07 Å². The Hall–Kier alpha value is -3.94. The lowest BCUT2D eigenvalue weighted by atomic mass is 10.1. The molecule has 0 saturated carbocycles. The molecule has 0 radical (unpaired) electrons. The van der Waals surface area contributed by atoms with Crippen molar-refractivity contribution in [3.05, 3.63) is 117 Å². The molecule has 0 spiro atoms. The highest BCUT2D eigenvalue weighted by atomic mass is 35.5. The smallest absolute Gasteiger partial charge is 0.279 e. The third kappa shape index (κ3) is 4.07. The normalized spacial score (nSPS) is 11.0. The van der Waals surface area contributed by atoms with Crippen molar-refractivity contribution in [2.24, 2.45) is 0 Å². The summed E-state index contributed by atoms with van der Waals surface area (Å²) in [6.45, 7) is 0.263. The molecule has 0 atom stereocenters. The minimum Gasteiger partial charge on any atom is -0.305 e. The molecular weight excluding hydrogens is 473 g/mol. The minimum absolute atomic E-state index is 0.113. The van der Waals surface area contributed by atoms with Crippen molar-refractivity contribution < 1.29 is 4.79 Å². The first kappa shape index (κ1) is 21.9. The van der Waals surface area contributed by atoms with Crippen molar-refractivity contribution in [2.45, 2.75) is 6.54 Å². The van der Waals surface area contributed by atoms with Gasteiger partial charge < -0.3 is 5.32 Å². The zero-order valence-electron chi connectivity index (χ0n) is 17.7. The van der Waals surface area contributed by atoms with Crippen LogP contribution in [0.3, 0.4) is 0 Å². The molecule has 0 fully saturated rings. The van der Waals surface area contributed by atoms with Crippen LogP contribution in [0.2, 0.25) is 10.0 Å². The van der Waals surface area contributed by atoms with E-state index in [0.29, 0.717) is 37.9 Å². The maximum atomic E-state index is 13.4. The number of aromatic nitrogens is 4. The first-order chi connectivity index (χ1) is 16.5. The number of carbonyl (C=O) groups excluding carboxylic acids is 1. The van der Waals surface area contributed by atoms with Gasteiger partial charge in [0.2, 0.25) is 0 Å². The van der Waals surface area contributed by atoms with Crippen LogP contribution in [0.5, 0.6) is 0 Å². The van der Waals surface area contributed by atoms with Gasteiger partial charge in [0.25, 0.3) is 11.5 Å². The summed E-state index contributed by atoms with van der Waals surface area (Å²) < 4.78 is 2.82. The maximum Gasteiger partial charge on any atom is 0.279 e. The van der Waals surface area contributed by atoms with Crippen LogP contribution in [0.25, 0.3) is 16.5 Å². The minimum atomic E-state index is -0.479. The quantitative estimate of drug-likeness (QED) is 0.368. The van der Waals surface area contributed by atoms with Gasteiger partial charge in [0.15, 0.2) is 5.69 Å². The van der Waals surface area contributed by atoms with Gasteiger partial charge in [-0.2, -0.15) is 14.9 Å². The fourth-order valence-electron chi connectivity index (χ4n) is 3.67. The molecule has 34 heavy (non-hydrogen) atoms. The average molecular weight is 490 g/mol. The molecule has 168 valence electrons. The standard InChI is InChI=1S/C25H17Cl2N5O2/c26-20-11-6-12-21(27)19(20)15-31-22(13-14-28-31)29-24(33)23-17-9-4-5-10-18(17)25(34)32(30-23)16-7-2-1-3-8-16/h1-14H,15H2,(H,29,33). The Bertz CT molecular complexity index is 1560. The highest BCUT2D eigenvalue weighted by Crippen LogP contribution is 2.26. The summed E-state index contributed by atoms with van der Waals surface area (Å²) in [5.74, 6) is -0.0442. The summed E-state index contributed by atoms with van der Waals surface area (Å²) in [5, 5.41) is 13.4. The molecular formula is C25H17Cl2N5O2. The van der Waals surface area contributed by atoms with Crippen LogP contribution in [0, 0.1) is 0 Å². The number of nitrogens with one attached hydrogen (secondary N) is 1. The van der Waals surface area contributed by atoms with E-state index in [1.54, 1.807) is 83.7 Å². The number of nitrogens with zero attached hydrogens (tertiary/aromatic N) is 4. The molecule has 7 nitrogen and oxygen atoms in total. The molecule has 0 aliphatic heterocycles. The van der Waals surface area contributed by atoms with Gasteiger partial charge >= 0.3 is 0 Å². The zero-order valence-corrected chi connectivity index (χ0v) is 19.2. The summed E-state index contributed by atoms with van der Waals surface area (Å²) >= 11 is 12.6. The Morgan fingerprint density at radius 3 is 2.26 bits per heavy atom. The van der Waals surface area contributed by atoms with Gasteiger partial charge in [-0.1, -0.05) is 65.7 Å². The summed E-state index contributed by atoms with van der Waals surface area (Å²) in [6, 6.07) is 22.8. The second kappa shape index (κ2) is 9.13. The molecule has 2 heterocycles. The SMILES string of the molecule is O=C(Nc1ccnn1Cc1c(Cl)cccc1Cl)c1nn(-c2ccccc2)c(=O)c2ccccc12. The molecule has 5 rings (SSSR count). The van der Waals surface area contributed by atoms with E-state index in [4.69, 9.17) is 23.2 Å². The van der Waals surface area contributed by atoms with Crippen LogP contribution in [-0.2, 0) is 6.54 Å².